The molecule has 0 aromatic heterocycles. The largest absolute Gasteiger partial charge is 0.481 e. The molecule has 0 amide bonds. The second-order valence-corrected chi connectivity index (χ2v) is 5.37. The van der Waals surface area contributed by atoms with Crippen LogP contribution in [0, 0.1) is 5.41 Å². The molecule has 3 heteroatoms. The summed E-state index contributed by atoms with van der Waals surface area (Å²) in [5.41, 5.74) is -0.471. The molecule has 1 aliphatic rings. The van der Waals surface area contributed by atoms with Gasteiger partial charge in [0.25, 0.3) is 0 Å². The predicted octanol–water partition coefficient (Wildman–Crippen LogP) is 3.14. The SMILES string of the molecule is CCCN(CC)CC1(C(=O)O)CCCCCC1. The van der Waals surface area contributed by atoms with Crippen LogP contribution in [0.25, 0.3) is 0 Å². The van der Waals surface area contributed by atoms with E-state index in [1.807, 2.05) is 0 Å². The Morgan fingerprint density at radius 2 is 1.76 bits per heavy atom. The van der Waals surface area contributed by atoms with Crippen molar-refractivity contribution < 1.29 is 9.90 Å². The minimum atomic E-state index is -0.575. The summed E-state index contributed by atoms with van der Waals surface area (Å²) in [5.74, 6) is -0.575. The minimum absolute atomic E-state index is 0.471. The third-order valence-corrected chi connectivity index (χ3v) is 4.03. The van der Waals surface area contributed by atoms with E-state index in [4.69, 9.17) is 0 Å². The number of carbonyl (C=O) groups is 1. The van der Waals surface area contributed by atoms with Crippen LogP contribution in [0.3, 0.4) is 0 Å². The Bertz CT molecular complexity index is 232. The van der Waals surface area contributed by atoms with Crippen molar-refractivity contribution in [2.45, 2.75) is 58.8 Å². The molecular weight excluding hydrogens is 214 g/mol. The van der Waals surface area contributed by atoms with E-state index < -0.39 is 11.4 Å². The van der Waals surface area contributed by atoms with Crippen LogP contribution >= 0.6 is 0 Å². The fourth-order valence-corrected chi connectivity index (χ4v) is 2.94. The highest BCUT2D eigenvalue weighted by atomic mass is 16.4. The van der Waals surface area contributed by atoms with E-state index in [1.165, 1.54) is 12.8 Å². The van der Waals surface area contributed by atoms with Crippen molar-refractivity contribution in [3.05, 3.63) is 0 Å². The molecule has 0 unspecified atom stereocenters. The van der Waals surface area contributed by atoms with E-state index >= 15 is 0 Å². The number of carboxylic acid groups (broad SMARTS) is 1. The van der Waals surface area contributed by atoms with Gasteiger partial charge in [-0.1, -0.05) is 39.5 Å². The molecule has 17 heavy (non-hydrogen) atoms. The minimum Gasteiger partial charge on any atom is -0.481 e. The van der Waals surface area contributed by atoms with Gasteiger partial charge in [0.1, 0.15) is 0 Å². The lowest BCUT2D eigenvalue weighted by molar-refractivity contribution is -0.151. The van der Waals surface area contributed by atoms with E-state index in [0.29, 0.717) is 0 Å². The second-order valence-electron chi connectivity index (χ2n) is 5.37. The summed E-state index contributed by atoms with van der Waals surface area (Å²) in [6.07, 6.45) is 7.39. The fourth-order valence-electron chi connectivity index (χ4n) is 2.94. The standard InChI is InChI=1S/C14H27NO2/c1-3-11-15(4-2)12-14(13(16)17)9-7-5-6-8-10-14/h3-12H2,1-2H3,(H,16,17). The molecule has 0 radical (unpaired) electrons. The normalized spacial score (nSPS) is 20.2. The average molecular weight is 241 g/mol. The molecule has 1 saturated carbocycles. The van der Waals surface area contributed by atoms with E-state index in [1.54, 1.807) is 0 Å². The zero-order chi connectivity index (χ0) is 12.7. The molecule has 0 atom stereocenters. The molecule has 0 aromatic carbocycles. The zero-order valence-corrected chi connectivity index (χ0v) is 11.4. The molecule has 0 spiro atoms. The van der Waals surface area contributed by atoms with Crippen LogP contribution in [0.2, 0.25) is 0 Å². The summed E-state index contributed by atoms with van der Waals surface area (Å²) in [6.45, 7) is 7.01. The number of hydrogen-bond acceptors (Lipinski definition) is 2. The molecule has 1 rings (SSSR count). The lowest BCUT2D eigenvalue weighted by Gasteiger charge is -2.34. The van der Waals surface area contributed by atoms with Crippen molar-refractivity contribution in [2.75, 3.05) is 19.6 Å². The Labute approximate surface area is 105 Å². The maximum atomic E-state index is 11.7. The lowest BCUT2D eigenvalue weighted by Crippen LogP contribution is -2.43. The Morgan fingerprint density at radius 3 is 2.18 bits per heavy atom. The summed E-state index contributed by atoms with van der Waals surface area (Å²) in [7, 11) is 0. The molecular formula is C14H27NO2. The maximum Gasteiger partial charge on any atom is 0.310 e. The highest BCUT2D eigenvalue weighted by Crippen LogP contribution is 2.36. The quantitative estimate of drug-likeness (QED) is 0.726. The van der Waals surface area contributed by atoms with Crippen LogP contribution in [-0.4, -0.2) is 35.6 Å². The summed E-state index contributed by atoms with van der Waals surface area (Å²) in [5, 5.41) is 9.60. The highest BCUT2D eigenvalue weighted by Gasteiger charge is 2.39. The second kappa shape index (κ2) is 7.00. The molecule has 0 saturated heterocycles. The van der Waals surface area contributed by atoms with Crippen molar-refractivity contribution in [1.82, 2.24) is 4.90 Å². The number of carboxylic acids is 1. The first-order chi connectivity index (χ1) is 8.14. The topological polar surface area (TPSA) is 40.5 Å². The smallest absolute Gasteiger partial charge is 0.310 e. The van der Waals surface area contributed by atoms with Gasteiger partial charge in [0.05, 0.1) is 5.41 Å². The summed E-state index contributed by atoms with van der Waals surface area (Å²) in [6, 6.07) is 0. The third kappa shape index (κ3) is 3.98. The van der Waals surface area contributed by atoms with Gasteiger partial charge in [0, 0.05) is 6.54 Å². The lowest BCUT2D eigenvalue weighted by atomic mass is 9.80. The van der Waals surface area contributed by atoms with Crippen molar-refractivity contribution in [1.29, 1.82) is 0 Å². The van der Waals surface area contributed by atoms with Crippen LogP contribution in [0.1, 0.15) is 58.8 Å². The first-order valence-corrected chi connectivity index (χ1v) is 7.10. The van der Waals surface area contributed by atoms with Crippen molar-refractivity contribution in [2.24, 2.45) is 5.41 Å². The molecule has 100 valence electrons. The van der Waals surface area contributed by atoms with Gasteiger partial charge in [-0.05, 0) is 32.4 Å². The van der Waals surface area contributed by atoms with Crippen LogP contribution in [0.4, 0.5) is 0 Å². The van der Waals surface area contributed by atoms with Gasteiger partial charge < -0.3 is 10.0 Å². The zero-order valence-electron chi connectivity index (χ0n) is 11.4. The van der Waals surface area contributed by atoms with Crippen LogP contribution in [-0.2, 0) is 4.79 Å². The van der Waals surface area contributed by atoms with Crippen molar-refractivity contribution in [3.8, 4) is 0 Å². The Kier molecular flexibility index (Phi) is 5.96. The van der Waals surface area contributed by atoms with Gasteiger partial charge in [0.2, 0.25) is 0 Å². The van der Waals surface area contributed by atoms with Gasteiger partial charge in [-0.25, -0.2) is 0 Å². The average Bonchev–Trinajstić information content (AvgIpc) is 2.55. The Morgan fingerprint density at radius 1 is 1.18 bits per heavy atom. The fraction of sp³-hybridized carbons (Fsp3) is 0.929. The van der Waals surface area contributed by atoms with E-state index in [-0.39, 0.29) is 0 Å². The van der Waals surface area contributed by atoms with E-state index in [2.05, 4.69) is 18.7 Å². The summed E-state index contributed by atoms with van der Waals surface area (Å²) < 4.78 is 0. The van der Waals surface area contributed by atoms with Crippen LogP contribution < -0.4 is 0 Å². The molecule has 0 heterocycles. The number of nitrogens with zero attached hydrogens (tertiary/aromatic N) is 1. The Hall–Kier alpha value is -0.570. The number of rotatable bonds is 6. The highest BCUT2D eigenvalue weighted by molar-refractivity contribution is 5.75. The predicted molar refractivity (Wildman–Crippen MR) is 70.2 cm³/mol. The maximum absolute atomic E-state index is 11.7. The summed E-state index contributed by atoms with van der Waals surface area (Å²) in [4.78, 5) is 14.0. The first kappa shape index (κ1) is 14.5. The molecule has 1 fully saturated rings. The van der Waals surface area contributed by atoms with E-state index in [0.717, 1.165) is 51.7 Å². The third-order valence-electron chi connectivity index (χ3n) is 4.03. The van der Waals surface area contributed by atoms with Crippen molar-refractivity contribution in [3.63, 3.8) is 0 Å². The molecule has 0 aliphatic heterocycles. The van der Waals surface area contributed by atoms with Gasteiger partial charge in [-0.15, -0.1) is 0 Å². The van der Waals surface area contributed by atoms with Gasteiger partial charge >= 0.3 is 5.97 Å². The molecule has 3 nitrogen and oxygen atoms in total. The van der Waals surface area contributed by atoms with Crippen LogP contribution in [0.15, 0.2) is 0 Å². The number of aliphatic carboxylic acids is 1. The molecule has 1 aliphatic carbocycles. The molecule has 1 N–H and O–H groups in total. The summed E-state index contributed by atoms with van der Waals surface area (Å²) >= 11 is 0. The van der Waals surface area contributed by atoms with E-state index in [9.17, 15) is 9.90 Å². The first-order valence-electron chi connectivity index (χ1n) is 7.10. The monoisotopic (exact) mass is 241 g/mol. The molecule has 0 bridgehead atoms. The van der Waals surface area contributed by atoms with Gasteiger partial charge in [-0.3, -0.25) is 4.79 Å². The Balaban J connectivity index is 2.71. The van der Waals surface area contributed by atoms with Gasteiger partial charge in [-0.2, -0.15) is 0 Å². The van der Waals surface area contributed by atoms with Crippen molar-refractivity contribution >= 4 is 5.97 Å². The van der Waals surface area contributed by atoms with Gasteiger partial charge in [0.15, 0.2) is 0 Å². The number of hydrogen-bond donors (Lipinski definition) is 1. The molecule has 0 aromatic rings. The van der Waals surface area contributed by atoms with Crippen LogP contribution in [0.5, 0.6) is 0 Å².